The van der Waals surface area contributed by atoms with Crippen LogP contribution >= 0.6 is 0 Å². The summed E-state index contributed by atoms with van der Waals surface area (Å²) in [5.74, 6) is -0.258. The summed E-state index contributed by atoms with van der Waals surface area (Å²) in [5.41, 5.74) is 5.39. The number of nitrogens with zero attached hydrogens (tertiary/aromatic N) is 3. The lowest BCUT2D eigenvalue weighted by Crippen LogP contribution is -2.71. The van der Waals surface area contributed by atoms with Gasteiger partial charge in [-0.1, -0.05) is 19.9 Å². The molecule has 3 aliphatic rings. The summed E-state index contributed by atoms with van der Waals surface area (Å²) in [6, 6.07) is 2.87. The number of methoxy groups -OCH3 is 1. The van der Waals surface area contributed by atoms with Crippen molar-refractivity contribution in [3.63, 3.8) is 0 Å². The number of carbonyl (C=O) groups excluding carboxylic acids is 3. The minimum absolute atomic E-state index is 0.0409. The number of aromatic nitrogens is 1. The van der Waals surface area contributed by atoms with E-state index in [0.717, 1.165) is 19.4 Å². The first-order valence-electron chi connectivity index (χ1n) is 11.7. The fourth-order valence-electron chi connectivity index (χ4n) is 4.88. The molecule has 2 N–H and O–H groups in total. The number of nitrogens with two attached hydrogens (primary N) is 1. The maximum Gasteiger partial charge on any atom is 0.415 e. The maximum atomic E-state index is 13.2. The number of piperidine rings is 3. The van der Waals surface area contributed by atoms with Gasteiger partial charge in [-0.2, -0.15) is 0 Å². The first-order valence-corrected chi connectivity index (χ1v) is 11.7. The third kappa shape index (κ3) is 5.08. The molecule has 3 aliphatic heterocycles. The smallest absolute Gasteiger partial charge is 0.415 e. The third-order valence-electron chi connectivity index (χ3n) is 6.89. The average Bonchev–Trinajstić information content (AvgIpc) is 2.83. The van der Waals surface area contributed by atoms with Crippen LogP contribution in [0.15, 0.2) is 18.3 Å². The lowest BCUT2D eigenvalue weighted by Gasteiger charge is -2.55. The highest BCUT2D eigenvalue weighted by molar-refractivity contribution is 5.93. The highest BCUT2D eigenvalue weighted by Crippen LogP contribution is 2.40. The van der Waals surface area contributed by atoms with E-state index in [1.54, 1.807) is 19.2 Å². The van der Waals surface area contributed by atoms with Gasteiger partial charge in [-0.05, 0) is 31.7 Å². The molecule has 1 unspecified atom stereocenters. The van der Waals surface area contributed by atoms with Crippen molar-refractivity contribution in [3.05, 3.63) is 23.9 Å². The zero-order valence-corrected chi connectivity index (χ0v) is 20.7. The molecule has 2 bridgehead atoms. The van der Waals surface area contributed by atoms with E-state index >= 15 is 0 Å². The fourth-order valence-corrected chi connectivity index (χ4v) is 4.88. The molecule has 0 aliphatic carbocycles. The van der Waals surface area contributed by atoms with E-state index < -0.39 is 23.6 Å². The molecule has 4 heterocycles. The van der Waals surface area contributed by atoms with Gasteiger partial charge >= 0.3 is 12.1 Å². The van der Waals surface area contributed by atoms with E-state index in [1.165, 1.54) is 18.1 Å². The second kappa shape index (κ2) is 10.8. The Hall–Kier alpha value is -2.56. The van der Waals surface area contributed by atoms with Crippen molar-refractivity contribution in [2.24, 2.45) is 17.6 Å². The summed E-state index contributed by atoms with van der Waals surface area (Å²) in [4.78, 5) is 46.0. The van der Waals surface area contributed by atoms with Gasteiger partial charge in [0, 0.05) is 44.4 Å². The van der Waals surface area contributed by atoms with E-state index in [-0.39, 0.29) is 43.5 Å². The van der Waals surface area contributed by atoms with Crippen molar-refractivity contribution in [1.29, 1.82) is 0 Å². The predicted octanol–water partition coefficient (Wildman–Crippen LogP) is 1.75. The minimum atomic E-state index is -0.985. The number of hydrogen-bond donors (Lipinski definition) is 1. The average molecular weight is 477 g/mol. The van der Waals surface area contributed by atoms with E-state index in [0.29, 0.717) is 11.4 Å². The van der Waals surface area contributed by atoms with Crippen LogP contribution in [0, 0.1) is 11.8 Å². The van der Waals surface area contributed by atoms with Crippen LogP contribution in [0.5, 0.6) is 0 Å². The van der Waals surface area contributed by atoms with E-state index in [4.69, 9.17) is 19.9 Å². The van der Waals surface area contributed by atoms with Crippen LogP contribution in [-0.2, 0) is 30.4 Å². The molecule has 0 saturated carbocycles. The van der Waals surface area contributed by atoms with Crippen LogP contribution in [0.25, 0.3) is 0 Å². The van der Waals surface area contributed by atoms with Crippen molar-refractivity contribution in [2.45, 2.75) is 57.8 Å². The Morgan fingerprint density at radius 2 is 2.06 bits per heavy atom. The van der Waals surface area contributed by atoms with Gasteiger partial charge < -0.3 is 19.9 Å². The van der Waals surface area contributed by atoms with Crippen LogP contribution in [0.4, 0.5) is 10.6 Å². The number of Topliss-reactive ketones (excluding diaryl/α,β-unsaturated/α-hetero) is 1. The number of ketones is 1. The van der Waals surface area contributed by atoms with Crippen molar-refractivity contribution < 1.29 is 28.6 Å². The van der Waals surface area contributed by atoms with Gasteiger partial charge in [-0.3, -0.25) is 19.4 Å². The van der Waals surface area contributed by atoms with Gasteiger partial charge in [0.1, 0.15) is 30.6 Å². The molecule has 188 valence electrons. The van der Waals surface area contributed by atoms with Crippen LogP contribution in [-0.4, -0.2) is 79.3 Å². The Bertz CT molecular complexity index is 909. The Morgan fingerprint density at radius 3 is 2.71 bits per heavy atom. The van der Waals surface area contributed by atoms with Gasteiger partial charge in [-0.15, -0.1) is 0 Å². The highest BCUT2D eigenvalue weighted by Gasteiger charge is 2.56. The number of amides is 1. The number of esters is 1. The molecule has 10 heteroatoms. The van der Waals surface area contributed by atoms with Crippen molar-refractivity contribution in [3.8, 4) is 0 Å². The van der Waals surface area contributed by atoms with Gasteiger partial charge in [0.15, 0.2) is 5.78 Å². The standard InChI is InChI=1S/C24H36N4O6/c1-15(2)19(25)22(30)33-12-18-7-6-9-26-21(18)27(4)23(31)34-14-24(13-32-5)20(29)17-8-10-28(24)16(3)11-17/h6-7,9,15-17,19H,8,10-14,25H2,1-5H3/t16-,17+,19+,24+/m1/s1. The Morgan fingerprint density at radius 1 is 1.32 bits per heavy atom. The lowest BCUT2D eigenvalue weighted by molar-refractivity contribution is -0.164. The maximum absolute atomic E-state index is 13.2. The minimum Gasteiger partial charge on any atom is -0.460 e. The number of carbonyl (C=O) groups is 3. The highest BCUT2D eigenvalue weighted by atomic mass is 16.6. The second-order valence-corrected chi connectivity index (χ2v) is 9.57. The lowest BCUT2D eigenvalue weighted by atomic mass is 9.71. The quantitative estimate of drug-likeness (QED) is 0.531. The molecule has 1 aromatic rings. The summed E-state index contributed by atoms with van der Waals surface area (Å²) < 4.78 is 16.4. The number of anilines is 1. The molecule has 1 amide bonds. The molecule has 5 atom stereocenters. The summed E-state index contributed by atoms with van der Waals surface area (Å²) in [5, 5.41) is 0. The molecule has 1 aromatic heterocycles. The largest absolute Gasteiger partial charge is 0.460 e. The second-order valence-electron chi connectivity index (χ2n) is 9.57. The molecular formula is C24H36N4O6. The first kappa shape index (κ1) is 26.1. The summed E-state index contributed by atoms with van der Waals surface area (Å²) in [6.07, 6.45) is 2.50. The van der Waals surface area contributed by atoms with Crippen molar-refractivity contribution in [1.82, 2.24) is 9.88 Å². The monoisotopic (exact) mass is 476 g/mol. The molecule has 0 aromatic carbocycles. The van der Waals surface area contributed by atoms with E-state index in [9.17, 15) is 14.4 Å². The van der Waals surface area contributed by atoms with Crippen LogP contribution in [0.1, 0.15) is 39.2 Å². The van der Waals surface area contributed by atoms with Crippen LogP contribution < -0.4 is 10.6 Å². The van der Waals surface area contributed by atoms with Crippen molar-refractivity contribution >= 4 is 23.7 Å². The molecular weight excluding hydrogens is 440 g/mol. The van der Waals surface area contributed by atoms with Gasteiger partial charge in [-0.25, -0.2) is 9.78 Å². The molecule has 3 fully saturated rings. The third-order valence-corrected chi connectivity index (χ3v) is 6.89. The molecule has 4 rings (SSSR count). The van der Waals surface area contributed by atoms with E-state index in [1.807, 2.05) is 13.8 Å². The number of hydrogen-bond acceptors (Lipinski definition) is 9. The van der Waals surface area contributed by atoms with Crippen molar-refractivity contribution in [2.75, 3.05) is 38.8 Å². The van der Waals surface area contributed by atoms with E-state index in [2.05, 4.69) is 16.8 Å². The van der Waals surface area contributed by atoms with Gasteiger partial charge in [0.25, 0.3) is 0 Å². The molecule has 0 radical (unpaired) electrons. The summed E-state index contributed by atoms with van der Waals surface area (Å²) in [6.45, 7) is 6.49. The fraction of sp³-hybridized carbons (Fsp3) is 0.667. The van der Waals surface area contributed by atoms with Crippen LogP contribution in [0.3, 0.4) is 0 Å². The topological polar surface area (TPSA) is 124 Å². The number of rotatable bonds is 9. The zero-order chi connectivity index (χ0) is 25.0. The van der Waals surface area contributed by atoms with Gasteiger partial charge in [0.2, 0.25) is 0 Å². The normalized spacial score (nSPS) is 26.9. The summed E-state index contributed by atoms with van der Waals surface area (Å²) >= 11 is 0. The number of pyridine rings is 1. The Balaban J connectivity index is 1.70. The predicted molar refractivity (Wildman–Crippen MR) is 125 cm³/mol. The number of ether oxygens (including phenoxy) is 3. The molecule has 34 heavy (non-hydrogen) atoms. The Labute approximate surface area is 200 Å². The Kier molecular flexibility index (Phi) is 8.27. The van der Waals surface area contributed by atoms with Gasteiger partial charge in [0.05, 0.1) is 6.61 Å². The molecule has 10 nitrogen and oxygen atoms in total. The van der Waals surface area contributed by atoms with Crippen LogP contribution in [0.2, 0.25) is 0 Å². The molecule has 3 saturated heterocycles. The molecule has 0 spiro atoms. The number of fused-ring (bicyclic) bond motifs is 3. The SMILES string of the molecule is COC[C@]1(COC(=O)N(C)c2ncccc2COC(=O)[C@@H](N)C(C)C)C(=O)[C@H]2CCN1[C@H](C)C2. The summed E-state index contributed by atoms with van der Waals surface area (Å²) in [7, 11) is 3.07. The first-order chi connectivity index (χ1) is 16.1. The zero-order valence-electron chi connectivity index (χ0n) is 20.7.